The standard InChI is InChI=1S/C31H30N4O3/c1-34-11-13-35(14-12-34)15-16-37-26-8-4-7-22(17-26)24-9-10-27-28(33-36)20-31(38-30(27)19-24)29-18-23-5-2-3-6-25(23)21-32-29/h2-10,17-21,36H,11-16H2,1H3/b33-28-. The highest BCUT2D eigenvalue weighted by Crippen LogP contribution is 2.29. The number of hydrogen-bond acceptors (Lipinski definition) is 7. The molecule has 0 aliphatic carbocycles. The Kier molecular flexibility index (Phi) is 6.77. The predicted octanol–water partition coefficient (Wildman–Crippen LogP) is 5.23. The van der Waals surface area contributed by atoms with Crippen LogP contribution in [0.1, 0.15) is 0 Å². The van der Waals surface area contributed by atoms with Crippen molar-refractivity contribution in [2.45, 2.75) is 0 Å². The van der Waals surface area contributed by atoms with E-state index in [9.17, 15) is 5.21 Å². The van der Waals surface area contributed by atoms with Gasteiger partial charge in [0.25, 0.3) is 0 Å². The molecule has 0 spiro atoms. The SMILES string of the molecule is CN1CCN(CCOc2cccc(-c3ccc4/c(=N\O)cc(-c5cc6ccccc6cn5)oc4c3)c2)CC1. The first kappa shape index (κ1) is 24.2. The maximum absolute atomic E-state index is 9.73. The second kappa shape index (κ2) is 10.7. The molecule has 1 aliphatic heterocycles. The fraction of sp³-hybridized carbons (Fsp3) is 0.226. The van der Waals surface area contributed by atoms with Crippen molar-refractivity contribution in [1.82, 2.24) is 14.8 Å². The maximum atomic E-state index is 9.73. The molecule has 0 unspecified atom stereocenters. The smallest absolute Gasteiger partial charge is 0.155 e. The summed E-state index contributed by atoms with van der Waals surface area (Å²) >= 11 is 0. The highest BCUT2D eigenvalue weighted by Gasteiger charge is 2.14. The average molecular weight is 507 g/mol. The van der Waals surface area contributed by atoms with Crippen LogP contribution in [-0.2, 0) is 0 Å². The molecule has 2 aromatic heterocycles. The summed E-state index contributed by atoms with van der Waals surface area (Å²) in [6.07, 6.45) is 1.83. The van der Waals surface area contributed by atoms with Gasteiger partial charge in [-0.1, -0.05) is 47.6 Å². The van der Waals surface area contributed by atoms with Gasteiger partial charge < -0.3 is 19.3 Å². The van der Waals surface area contributed by atoms with E-state index in [1.807, 2.05) is 66.9 Å². The molecule has 0 bridgehead atoms. The van der Waals surface area contributed by atoms with Crippen molar-refractivity contribution in [3.8, 4) is 28.3 Å². The monoisotopic (exact) mass is 506 g/mol. The van der Waals surface area contributed by atoms with Crippen molar-refractivity contribution in [2.75, 3.05) is 46.4 Å². The number of pyridine rings is 1. The molecule has 5 aromatic rings. The van der Waals surface area contributed by atoms with Gasteiger partial charge in [0.2, 0.25) is 0 Å². The third kappa shape index (κ3) is 5.11. The topological polar surface area (TPSA) is 74.3 Å². The largest absolute Gasteiger partial charge is 0.492 e. The Morgan fingerprint density at radius 1 is 0.895 bits per heavy atom. The molecule has 7 heteroatoms. The number of hydrogen-bond donors (Lipinski definition) is 1. The number of nitrogens with zero attached hydrogens (tertiary/aromatic N) is 4. The Morgan fingerprint density at radius 3 is 2.55 bits per heavy atom. The molecule has 1 aliphatic rings. The second-order valence-electron chi connectivity index (χ2n) is 9.74. The van der Waals surface area contributed by atoms with Gasteiger partial charge in [0, 0.05) is 55.8 Å². The van der Waals surface area contributed by atoms with Gasteiger partial charge in [0.15, 0.2) is 5.76 Å². The molecule has 0 radical (unpaired) electrons. The summed E-state index contributed by atoms with van der Waals surface area (Å²) in [5.74, 6) is 1.38. The van der Waals surface area contributed by atoms with E-state index in [-0.39, 0.29) is 0 Å². The van der Waals surface area contributed by atoms with E-state index in [1.54, 1.807) is 6.07 Å². The zero-order valence-electron chi connectivity index (χ0n) is 21.4. The van der Waals surface area contributed by atoms with Crippen molar-refractivity contribution in [2.24, 2.45) is 5.16 Å². The van der Waals surface area contributed by atoms with E-state index in [0.717, 1.165) is 65.8 Å². The molecular weight excluding hydrogens is 476 g/mol. The van der Waals surface area contributed by atoms with E-state index in [1.165, 1.54) is 0 Å². The van der Waals surface area contributed by atoms with Crippen LogP contribution >= 0.6 is 0 Å². The van der Waals surface area contributed by atoms with Crippen LogP contribution in [0, 0.1) is 0 Å². The van der Waals surface area contributed by atoms with Crippen LogP contribution in [0.5, 0.6) is 5.75 Å². The number of rotatable bonds is 6. The molecule has 0 saturated carbocycles. The number of fused-ring (bicyclic) bond motifs is 2. The molecule has 7 nitrogen and oxygen atoms in total. The molecule has 3 heterocycles. The Hall–Kier alpha value is -4.20. The number of ether oxygens (including phenoxy) is 1. The lowest BCUT2D eigenvalue weighted by Gasteiger charge is -2.32. The summed E-state index contributed by atoms with van der Waals surface area (Å²) in [7, 11) is 2.17. The van der Waals surface area contributed by atoms with E-state index in [0.29, 0.717) is 29.0 Å². The minimum Gasteiger partial charge on any atom is -0.492 e. The summed E-state index contributed by atoms with van der Waals surface area (Å²) in [6.45, 7) is 5.95. The van der Waals surface area contributed by atoms with Gasteiger partial charge in [-0.05, 0) is 53.9 Å². The molecule has 3 aromatic carbocycles. The van der Waals surface area contributed by atoms with Crippen LogP contribution < -0.4 is 10.1 Å². The number of aromatic nitrogens is 1. The molecule has 38 heavy (non-hydrogen) atoms. The van der Waals surface area contributed by atoms with E-state index >= 15 is 0 Å². The molecule has 1 N–H and O–H groups in total. The quantitative estimate of drug-likeness (QED) is 0.251. The predicted molar refractivity (Wildman–Crippen MR) is 149 cm³/mol. The molecule has 0 amide bonds. The maximum Gasteiger partial charge on any atom is 0.155 e. The lowest BCUT2D eigenvalue weighted by molar-refractivity contribution is 0.134. The summed E-state index contributed by atoms with van der Waals surface area (Å²) < 4.78 is 12.4. The Balaban J connectivity index is 1.27. The van der Waals surface area contributed by atoms with Crippen LogP contribution in [0.3, 0.4) is 0 Å². The molecule has 1 saturated heterocycles. The van der Waals surface area contributed by atoms with Gasteiger partial charge in [-0.3, -0.25) is 9.88 Å². The van der Waals surface area contributed by atoms with Gasteiger partial charge in [0.05, 0.1) is 0 Å². The summed E-state index contributed by atoms with van der Waals surface area (Å²) in [5, 5.41) is 16.5. The van der Waals surface area contributed by atoms with E-state index < -0.39 is 0 Å². The summed E-state index contributed by atoms with van der Waals surface area (Å²) in [5.41, 5.74) is 3.30. The molecule has 6 rings (SSSR count). The minimum atomic E-state index is 0.434. The van der Waals surface area contributed by atoms with Gasteiger partial charge in [-0.2, -0.15) is 0 Å². The first-order chi connectivity index (χ1) is 18.7. The number of likely N-dealkylation sites (N-methyl/N-ethyl adjacent to an activating group) is 1. The van der Waals surface area contributed by atoms with Crippen LogP contribution in [0.2, 0.25) is 0 Å². The number of benzene rings is 3. The van der Waals surface area contributed by atoms with Crippen molar-refractivity contribution >= 4 is 21.7 Å². The van der Waals surface area contributed by atoms with E-state index in [4.69, 9.17) is 9.15 Å². The van der Waals surface area contributed by atoms with Crippen molar-refractivity contribution < 1.29 is 14.4 Å². The number of piperazine rings is 1. The molecule has 192 valence electrons. The third-order valence-electron chi connectivity index (χ3n) is 7.18. The Bertz CT molecular complexity index is 1650. The normalized spacial score (nSPS) is 15.3. The lowest BCUT2D eigenvalue weighted by atomic mass is 10.0. The van der Waals surface area contributed by atoms with Gasteiger partial charge in [0.1, 0.15) is 29.0 Å². The van der Waals surface area contributed by atoms with Crippen LogP contribution in [0.25, 0.3) is 44.3 Å². The van der Waals surface area contributed by atoms with Crippen molar-refractivity contribution in [1.29, 1.82) is 0 Å². The second-order valence-corrected chi connectivity index (χ2v) is 9.74. The van der Waals surface area contributed by atoms with Crippen LogP contribution in [0.15, 0.2) is 94.6 Å². The summed E-state index contributed by atoms with van der Waals surface area (Å²) in [6, 6.07) is 25.7. The zero-order chi connectivity index (χ0) is 25.9. The zero-order valence-corrected chi connectivity index (χ0v) is 21.4. The van der Waals surface area contributed by atoms with E-state index in [2.05, 4.69) is 39.1 Å². The average Bonchev–Trinajstić information content (AvgIpc) is 2.97. The first-order valence-corrected chi connectivity index (χ1v) is 12.9. The Morgan fingerprint density at radius 2 is 1.71 bits per heavy atom. The Labute approximate surface area is 221 Å². The van der Waals surface area contributed by atoms with Gasteiger partial charge in [-0.15, -0.1) is 0 Å². The highest BCUT2D eigenvalue weighted by atomic mass is 16.5. The minimum absolute atomic E-state index is 0.434. The first-order valence-electron chi connectivity index (χ1n) is 12.9. The van der Waals surface area contributed by atoms with Crippen LogP contribution in [0.4, 0.5) is 0 Å². The fourth-order valence-corrected chi connectivity index (χ4v) is 4.90. The molecule has 1 fully saturated rings. The molecule has 0 atom stereocenters. The van der Waals surface area contributed by atoms with Crippen molar-refractivity contribution in [3.63, 3.8) is 0 Å². The fourth-order valence-electron chi connectivity index (χ4n) is 4.90. The molecular formula is C31H30N4O3. The van der Waals surface area contributed by atoms with Crippen molar-refractivity contribution in [3.05, 3.63) is 90.4 Å². The lowest BCUT2D eigenvalue weighted by Crippen LogP contribution is -2.45. The summed E-state index contributed by atoms with van der Waals surface area (Å²) in [4.78, 5) is 9.38. The third-order valence-corrected chi connectivity index (χ3v) is 7.18. The van der Waals surface area contributed by atoms with Crippen LogP contribution in [-0.4, -0.2) is 66.4 Å². The highest BCUT2D eigenvalue weighted by molar-refractivity contribution is 5.86. The van der Waals surface area contributed by atoms with Gasteiger partial charge >= 0.3 is 0 Å². The van der Waals surface area contributed by atoms with Gasteiger partial charge in [-0.25, -0.2) is 0 Å².